The zero-order valence-electron chi connectivity index (χ0n) is 16.0. The molecule has 27 heavy (non-hydrogen) atoms. The number of rotatable bonds is 5. The molecule has 8 nitrogen and oxygen atoms in total. The third-order valence-corrected chi connectivity index (χ3v) is 4.33. The van der Waals surface area contributed by atoms with Gasteiger partial charge in [0, 0.05) is 38.8 Å². The van der Waals surface area contributed by atoms with Crippen LogP contribution in [-0.2, 0) is 14.3 Å². The van der Waals surface area contributed by atoms with Gasteiger partial charge in [-0.1, -0.05) is 6.07 Å². The summed E-state index contributed by atoms with van der Waals surface area (Å²) >= 11 is 0. The molecule has 1 aromatic rings. The van der Waals surface area contributed by atoms with E-state index in [1.807, 2.05) is 19.1 Å². The molecule has 150 valence electrons. The number of halogens is 1. The highest BCUT2D eigenvalue weighted by atomic mass is 127. The molecule has 1 aromatic heterocycles. The topological polar surface area (TPSA) is 95.9 Å². The number of nitrogens with zero attached hydrogens (tertiary/aromatic N) is 3. The fourth-order valence-electron chi connectivity index (χ4n) is 2.93. The third kappa shape index (κ3) is 7.31. The number of methoxy groups -OCH3 is 1. The zero-order chi connectivity index (χ0) is 18.9. The van der Waals surface area contributed by atoms with Gasteiger partial charge in [-0.3, -0.25) is 14.6 Å². The molecule has 1 amide bonds. The maximum Gasteiger partial charge on any atom is 0.308 e. The summed E-state index contributed by atoms with van der Waals surface area (Å²) in [7, 11) is 3.14. The average Bonchev–Trinajstić information content (AvgIpc) is 2.65. The average molecular weight is 489 g/mol. The number of aryl methyl sites for hydroxylation is 1. The van der Waals surface area contributed by atoms with Gasteiger partial charge in [0.05, 0.1) is 13.0 Å². The molecule has 1 aliphatic heterocycles. The van der Waals surface area contributed by atoms with Gasteiger partial charge in [-0.15, -0.1) is 24.0 Å². The lowest BCUT2D eigenvalue weighted by atomic mass is 9.97. The Morgan fingerprint density at radius 3 is 2.63 bits per heavy atom. The lowest BCUT2D eigenvalue weighted by Crippen LogP contribution is -2.47. The van der Waals surface area contributed by atoms with Crippen molar-refractivity contribution in [3.05, 3.63) is 23.9 Å². The molecule has 2 N–H and O–H groups in total. The fraction of sp³-hybridized carbons (Fsp3) is 0.556. The summed E-state index contributed by atoms with van der Waals surface area (Å²) < 4.78 is 4.81. The number of anilines is 1. The van der Waals surface area contributed by atoms with Crippen LogP contribution in [0.5, 0.6) is 0 Å². The molecule has 0 aliphatic carbocycles. The number of carbonyl (C=O) groups excluding carboxylic acids is 2. The minimum atomic E-state index is -0.144. The van der Waals surface area contributed by atoms with Crippen molar-refractivity contribution in [3.8, 4) is 0 Å². The normalized spacial score (nSPS) is 14.9. The number of aliphatic imine (C=N–C) groups is 1. The van der Waals surface area contributed by atoms with Crippen LogP contribution < -0.4 is 10.6 Å². The van der Waals surface area contributed by atoms with Gasteiger partial charge in [-0.25, -0.2) is 4.98 Å². The molecule has 9 heteroatoms. The van der Waals surface area contributed by atoms with E-state index in [1.165, 1.54) is 7.11 Å². The highest BCUT2D eigenvalue weighted by Gasteiger charge is 2.26. The smallest absolute Gasteiger partial charge is 0.308 e. The number of aromatic nitrogens is 1. The molecule has 0 atom stereocenters. The molecule has 0 unspecified atom stereocenters. The molecule has 0 radical (unpaired) electrons. The van der Waals surface area contributed by atoms with Crippen molar-refractivity contribution in [2.45, 2.75) is 26.2 Å². The fourth-order valence-corrected chi connectivity index (χ4v) is 2.93. The number of carbonyl (C=O) groups is 2. The van der Waals surface area contributed by atoms with Crippen molar-refractivity contribution in [2.24, 2.45) is 10.9 Å². The van der Waals surface area contributed by atoms with E-state index in [4.69, 9.17) is 4.74 Å². The van der Waals surface area contributed by atoms with Crippen molar-refractivity contribution >= 4 is 47.6 Å². The van der Waals surface area contributed by atoms with Gasteiger partial charge in [0.1, 0.15) is 5.82 Å². The molecular formula is C18H28IN5O3. The van der Waals surface area contributed by atoms with Crippen LogP contribution in [0.1, 0.15) is 25.0 Å². The highest BCUT2D eigenvalue weighted by molar-refractivity contribution is 14.0. The first-order valence-corrected chi connectivity index (χ1v) is 8.80. The second kappa shape index (κ2) is 11.7. The van der Waals surface area contributed by atoms with Crippen LogP contribution in [0.3, 0.4) is 0 Å². The van der Waals surface area contributed by atoms with Gasteiger partial charge in [-0.2, -0.15) is 0 Å². The Kier molecular flexibility index (Phi) is 10.0. The molecule has 0 saturated carbocycles. The van der Waals surface area contributed by atoms with Crippen molar-refractivity contribution in [2.75, 3.05) is 39.1 Å². The van der Waals surface area contributed by atoms with Crippen LogP contribution in [-0.4, -0.2) is 61.5 Å². The van der Waals surface area contributed by atoms with Gasteiger partial charge in [0.2, 0.25) is 5.91 Å². The summed E-state index contributed by atoms with van der Waals surface area (Å²) in [5.41, 5.74) is 0.858. The quantitative estimate of drug-likeness (QED) is 0.284. The standard InChI is InChI=1S/C18H27N5O3.HI/c1-13-5-4-6-15(21-13)22-16(24)7-10-20-18(19-2)23-11-8-14(9-12-23)17(25)26-3;/h4-6,14H,7-12H2,1-3H3,(H,19,20)(H,21,22,24);1H. The number of likely N-dealkylation sites (tertiary alicyclic amines) is 1. The van der Waals surface area contributed by atoms with Gasteiger partial charge >= 0.3 is 5.97 Å². The van der Waals surface area contributed by atoms with Crippen LogP contribution in [0.15, 0.2) is 23.2 Å². The molecule has 0 bridgehead atoms. The molecule has 1 aliphatic rings. The first-order valence-electron chi connectivity index (χ1n) is 8.80. The summed E-state index contributed by atoms with van der Waals surface area (Å²) in [5, 5.41) is 5.99. The number of nitrogens with one attached hydrogen (secondary N) is 2. The van der Waals surface area contributed by atoms with E-state index < -0.39 is 0 Å². The number of pyridine rings is 1. The molecular weight excluding hydrogens is 461 g/mol. The maximum absolute atomic E-state index is 12.0. The number of hydrogen-bond acceptors (Lipinski definition) is 5. The molecule has 0 spiro atoms. The molecule has 0 aromatic carbocycles. The Labute approximate surface area is 177 Å². The number of hydrogen-bond donors (Lipinski definition) is 2. The van der Waals surface area contributed by atoms with Crippen LogP contribution in [0.2, 0.25) is 0 Å². The van der Waals surface area contributed by atoms with Crippen LogP contribution >= 0.6 is 24.0 Å². The maximum atomic E-state index is 12.0. The summed E-state index contributed by atoms with van der Waals surface area (Å²) in [6, 6.07) is 5.50. The molecule has 1 fully saturated rings. The minimum Gasteiger partial charge on any atom is -0.469 e. The Morgan fingerprint density at radius 2 is 2.04 bits per heavy atom. The van der Waals surface area contributed by atoms with E-state index in [-0.39, 0.29) is 41.8 Å². The minimum absolute atomic E-state index is 0. The van der Waals surface area contributed by atoms with Crippen LogP contribution in [0.25, 0.3) is 0 Å². The Hall–Kier alpha value is -1.91. The van der Waals surface area contributed by atoms with Crippen LogP contribution in [0, 0.1) is 12.8 Å². The number of piperidine rings is 1. The van der Waals surface area contributed by atoms with E-state index in [9.17, 15) is 9.59 Å². The Balaban J connectivity index is 0.00000364. The second-order valence-electron chi connectivity index (χ2n) is 6.22. The number of guanidine groups is 1. The molecule has 2 heterocycles. The molecule has 1 saturated heterocycles. The van der Waals surface area contributed by atoms with E-state index in [0.29, 0.717) is 18.8 Å². The Bertz CT molecular complexity index is 660. The van der Waals surface area contributed by atoms with Crippen LogP contribution in [0.4, 0.5) is 5.82 Å². The van der Waals surface area contributed by atoms with Crippen molar-refractivity contribution in [1.82, 2.24) is 15.2 Å². The first-order chi connectivity index (χ1) is 12.5. The van der Waals surface area contributed by atoms with E-state index in [2.05, 4.69) is 25.5 Å². The predicted octanol–water partition coefficient (Wildman–Crippen LogP) is 1.80. The van der Waals surface area contributed by atoms with E-state index in [1.54, 1.807) is 13.1 Å². The van der Waals surface area contributed by atoms with Gasteiger partial charge in [-0.05, 0) is 31.9 Å². The first kappa shape index (κ1) is 23.1. The lowest BCUT2D eigenvalue weighted by molar-refractivity contribution is -0.146. The predicted molar refractivity (Wildman–Crippen MR) is 115 cm³/mol. The number of ether oxygens (including phenoxy) is 1. The summed E-state index contributed by atoms with van der Waals surface area (Å²) in [6.07, 6.45) is 1.80. The van der Waals surface area contributed by atoms with E-state index in [0.717, 1.165) is 37.6 Å². The zero-order valence-corrected chi connectivity index (χ0v) is 18.4. The van der Waals surface area contributed by atoms with E-state index >= 15 is 0 Å². The van der Waals surface area contributed by atoms with Crippen molar-refractivity contribution < 1.29 is 14.3 Å². The summed E-state index contributed by atoms with van der Waals surface area (Å²) in [4.78, 5) is 34.2. The lowest BCUT2D eigenvalue weighted by Gasteiger charge is -2.33. The SMILES string of the molecule is CN=C(NCCC(=O)Nc1cccc(C)n1)N1CCC(C(=O)OC)CC1.I. The Morgan fingerprint density at radius 1 is 1.33 bits per heavy atom. The number of amides is 1. The summed E-state index contributed by atoms with van der Waals surface area (Å²) in [5.74, 6) is 1.02. The monoisotopic (exact) mass is 489 g/mol. The van der Waals surface area contributed by atoms with Gasteiger partial charge in [0.25, 0.3) is 0 Å². The summed E-state index contributed by atoms with van der Waals surface area (Å²) in [6.45, 7) is 3.82. The third-order valence-electron chi connectivity index (χ3n) is 4.33. The van der Waals surface area contributed by atoms with Gasteiger partial charge in [0.15, 0.2) is 5.96 Å². The number of esters is 1. The second-order valence-corrected chi connectivity index (χ2v) is 6.22. The van der Waals surface area contributed by atoms with Crippen molar-refractivity contribution in [1.29, 1.82) is 0 Å². The highest BCUT2D eigenvalue weighted by Crippen LogP contribution is 2.18. The molecule has 2 rings (SSSR count). The van der Waals surface area contributed by atoms with Gasteiger partial charge < -0.3 is 20.3 Å². The van der Waals surface area contributed by atoms with Crippen molar-refractivity contribution in [3.63, 3.8) is 0 Å². The largest absolute Gasteiger partial charge is 0.469 e.